The highest BCUT2D eigenvalue weighted by atomic mass is 32.1. The van der Waals surface area contributed by atoms with Gasteiger partial charge >= 0.3 is 0 Å². The zero-order valence-corrected chi connectivity index (χ0v) is 12.9. The summed E-state index contributed by atoms with van der Waals surface area (Å²) >= 11 is 1.42. The van der Waals surface area contributed by atoms with Gasteiger partial charge in [0.05, 0.1) is 16.6 Å². The van der Waals surface area contributed by atoms with Gasteiger partial charge in [0.2, 0.25) is 0 Å². The van der Waals surface area contributed by atoms with Crippen LogP contribution in [0.1, 0.15) is 46.7 Å². The average molecular weight is 304 g/mol. The first-order valence-corrected chi connectivity index (χ1v) is 7.89. The summed E-state index contributed by atoms with van der Waals surface area (Å²) in [4.78, 5) is 19.2. The summed E-state index contributed by atoms with van der Waals surface area (Å²) in [7, 11) is 1.89. The van der Waals surface area contributed by atoms with E-state index in [2.05, 4.69) is 4.98 Å². The summed E-state index contributed by atoms with van der Waals surface area (Å²) in [6.45, 7) is 1.95. The lowest BCUT2D eigenvalue weighted by atomic mass is 10.0. The van der Waals surface area contributed by atoms with Crippen LogP contribution in [0, 0.1) is 5.82 Å². The standard InChI is InChI=1S/C16H17FN2OS/c1-10(11-6-3-4-7-12(11)17)19(2)16-18-13-8-5-9-14(20)15(13)21-16/h3-4,6-7,10H,5,8-9H2,1-2H3. The lowest BCUT2D eigenvalue weighted by Gasteiger charge is -2.24. The predicted octanol–water partition coefficient (Wildman–Crippen LogP) is 4.00. The second-order valence-electron chi connectivity index (χ2n) is 5.36. The van der Waals surface area contributed by atoms with Gasteiger partial charge in [-0.1, -0.05) is 29.5 Å². The smallest absolute Gasteiger partial charge is 0.186 e. The van der Waals surface area contributed by atoms with Crippen LogP contribution in [-0.4, -0.2) is 17.8 Å². The molecular formula is C16H17FN2OS. The highest BCUT2D eigenvalue weighted by Crippen LogP contribution is 2.35. The van der Waals surface area contributed by atoms with Gasteiger partial charge in [0.1, 0.15) is 5.82 Å². The number of hydrogen-bond donors (Lipinski definition) is 0. The van der Waals surface area contributed by atoms with E-state index < -0.39 is 0 Å². The summed E-state index contributed by atoms with van der Waals surface area (Å²) in [6.07, 6.45) is 2.35. The molecule has 1 aromatic carbocycles. The predicted molar refractivity (Wildman–Crippen MR) is 82.6 cm³/mol. The number of carbonyl (C=O) groups excluding carboxylic acids is 1. The molecule has 0 amide bonds. The van der Waals surface area contributed by atoms with Crippen molar-refractivity contribution in [1.82, 2.24) is 4.98 Å². The fourth-order valence-electron chi connectivity index (χ4n) is 2.60. The van der Waals surface area contributed by atoms with E-state index in [1.807, 2.05) is 24.9 Å². The van der Waals surface area contributed by atoms with Crippen LogP contribution < -0.4 is 4.90 Å². The van der Waals surface area contributed by atoms with Crippen molar-refractivity contribution in [3.63, 3.8) is 0 Å². The summed E-state index contributed by atoms with van der Waals surface area (Å²) < 4.78 is 13.9. The fraction of sp³-hybridized carbons (Fsp3) is 0.375. The summed E-state index contributed by atoms with van der Waals surface area (Å²) in [5.74, 6) is -0.0267. The second-order valence-corrected chi connectivity index (χ2v) is 6.33. The highest BCUT2D eigenvalue weighted by Gasteiger charge is 2.25. The van der Waals surface area contributed by atoms with Gasteiger partial charge in [0.25, 0.3) is 0 Å². The molecule has 110 valence electrons. The van der Waals surface area contributed by atoms with Gasteiger partial charge in [-0.05, 0) is 25.8 Å². The molecule has 0 radical (unpaired) electrons. The minimum Gasteiger partial charge on any atom is -0.344 e. The number of fused-ring (bicyclic) bond motifs is 1. The Morgan fingerprint density at radius 2 is 2.10 bits per heavy atom. The van der Waals surface area contributed by atoms with E-state index in [1.54, 1.807) is 12.1 Å². The van der Waals surface area contributed by atoms with Crippen LogP contribution >= 0.6 is 11.3 Å². The number of anilines is 1. The molecule has 1 heterocycles. The van der Waals surface area contributed by atoms with Crippen LogP contribution in [0.4, 0.5) is 9.52 Å². The van der Waals surface area contributed by atoms with Crippen molar-refractivity contribution in [2.24, 2.45) is 0 Å². The Kier molecular flexibility index (Phi) is 3.76. The highest BCUT2D eigenvalue weighted by molar-refractivity contribution is 7.17. The Morgan fingerprint density at radius 1 is 1.33 bits per heavy atom. The number of benzene rings is 1. The first-order chi connectivity index (χ1) is 10.1. The van der Waals surface area contributed by atoms with E-state index >= 15 is 0 Å². The zero-order chi connectivity index (χ0) is 15.0. The summed E-state index contributed by atoms with van der Waals surface area (Å²) in [5.41, 5.74) is 1.54. The normalized spacial score (nSPS) is 15.7. The molecule has 3 nitrogen and oxygen atoms in total. The number of rotatable bonds is 3. The molecule has 1 aliphatic carbocycles. The van der Waals surface area contributed by atoms with Crippen molar-refractivity contribution in [2.45, 2.75) is 32.2 Å². The molecule has 2 aromatic rings. The van der Waals surface area contributed by atoms with Crippen LogP contribution in [0.25, 0.3) is 0 Å². The third kappa shape index (κ3) is 2.58. The molecule has 1 unspecified atom stereocenters. The minimum absolute atomic E-state index is 0.131. The third-order valence-electron chi connectivity index (χ3n) is 3.99. The van der Waals surface area contributed by atoms with Gasteiger partial charge in [-0.2, -0.15) is 0 Å². The molecular weight excluding hydrogens is 287 g/mol. The monoisotopic (exact) mass is 304 g/mol. The Hall–Kier alpha value is -1.75. The molecule has 0 aliphatic heterocycles. The Bertz CT molecular complexity index is 683. The van der Waals surface area contributed by atoms with E-state index in [-0.39, 0.29) is 17.6 Å². The number of Topliss-reactive ketones (excluding diaryl/α,β-unsaturated/α-hetero) is 1. The van der Waals surface area contributed by atoms with Gasteiger partial charge in [-0.3, -0.25) is 4.79 Å². The van der Waals surface area contributed by atoms with Crippen molar-refractivity contribution in [2.75, 3.05) is 11.9 Å². The number of aromatic nitrogens is 1. The van der Waals surface area contributed by atoms with Crippen LogP contribution in [-0.2, 0) is 6.42 Å². The molecule has 0 fully saturated rings. The number of halogens is 1. The Morgan fingerprint density at radius 3 is 2.81 bits per heavy atom. The maximum Gasteiger partial charge on any atom is 0.186 e. The molecule has 0 saturated heterocycles. The van der Waals surface area contributed by atoms with E-state index in [0.29, 0.717) is 12.0 Å². The van der Waals surface area contributed by atoms with E-state index in [4.69, 9.17) is 0 Å². The Labute approximate surface area is 127 Å². The Balaban J connectivity index is 1.90. The molecule has 3 rings (SSSR count). The van der Waals surface area contributed by atoms with Crippen molar-refractivity contribution in [3.05, 3.63) is 46.2 Å². The summed E-state index contributed by atoms with van der Waals surface area (Å²) in [5, 5.41) is 0.783. The van der Waals surface area contributed by atoms with Crippen LogP contribution in [0.2, 0.25) is 0 Å². The molecule has 1 aliphatic rings. The van der Waals surface area contributed by atoms with E-state index in [0.717, 1.165) is 28.5 Å². The van der Waals surface area contributed by atoms with Crippen molar-refractivity contribution in [1.29, 1.82) is 0 Å². The second kappa shape index (κ2) is 5.56. The van der Waals surface area contributed by atoms with Crippen molar-refractivity contribution in [3.8, 4) is 0 Å². The van der Waals surface area contributed by atoms with Crippen LogP contribution in [0.3, 0.4) is 0 Å². The van der Waals surface area contributed by atoms with Gasteiger partial charge < -0.3 is 4.90 Å². The molecule has 0 saturated carbocycles. The lowest BCUT2D eigenvalue weighted by Crippen LogP contribution is -2.22. The fourth-order valence-corrected chi connectivity index (χ4v) is 3.72. The van der Waals surface area contributed by atoms with Crippen LogP contribution in [0.5, 0.6) is 0 Å². The number of hydrogen-bond acceptors (Lipinski definition) is 4. The number of aryl methyl sites for hydroxylation is 1. The largest absolute Gasteiger partial charge is 0.344 e. The van der Waals surface area contributed by atoms with Crippen molar-refractivity contribution < 1.29 is 9.18 Å². The maximum atomic E-state index is 13.9. The first kappa shape index (κ1) is 14.2. The van der Waals surface area contributed by atoms with Gasteiger partial charge in [0, 0.05) is 19.0 Å². The van der Waals surface area contributed by atoms with Gasteiger partial charge in [-0.15, -0.1) is 0 Å². The first-order valence-electron chi connectivity index (χ1n) is 7.08. The molecule has 0 N–H and O–H groups in total. The zero-order valence-electron chi connectivity index (χ0n) is 12.1. The number of ketones is 1. The summed E-state index contributed by atoms with van der Waals surface area (Å²) in [6, 6.07) is 6.64. The van der Waals surface area contributed by atoms with E-state index in [9.17, 15) is 9.18 Å². The molecule has 0 spiro atoms. The molecule has 1 aromatic heterocycles. The topological polar surface area (TPSA) is 33.2 Å². The van der Waals surface area contributed by atoms with Crippen LogP contribution in [0.15, 0.2) is 24.3 Å². The molecule has 0 bridgehead atoms. The average Bonchev–Trinajstić information content (AvgIpc) is 2.92. The van der Waals surface area contributed by atoms with Crippen molar-refractivity contribution >= 4 is 22.3 Å². The quantitative estimate of drug-likeness (QED) is 0.859. The molecule has 1 atom stereocenters. The molecule has 5 heteroatoms. The minimum atomic E-state index is -0.214. The lowest BCUT2D eigenvalue weighted by molar-refractivity contribution is 0.0976. The number of nitrogens with zero attached hydrogens (tertiary/aromatic N) is 2. The van der Waals surface area contributed by atoms with E-state index in [1.165, 1.54) is 17.4 Å². The van der Waals surface area contributed by atoms with Gasteiger partial charge in [0.15, 0.2) is 10.9 Å². The number of thiazole rings is 1. The number of carbonyl (C=O) groups is 1. The van der Waals surface area contributed by atoms with Gasteiger partial charge in [-0.25, -0.2) is 9.37 Å². The third-order valence-corrected chi connectivity index (χ3v) is 5.22. The maximum absolute atomic E-state index is 13.9. The molecule has 21 heavy (non-hydrogen) atoms. The SMILES string of the molecule is CC(c1ccccc1F)N(C)c1nc2c(s1)C(=O)CCC2.